The Bertz CT molecular complexity index is 1190. The van der Waals surface area contributed by atoms with Crippen LogP contribution >= 0.6 is 0 Å². The number of amides is 1. The molecule has 0 radical (unpaired) electrons. The fraction of sp³-hybridized carbons (Fsp3) is 0.100. The molecule has 0 fully saturated rings. The van der Waals surface area contributed by atoms with Crippen molar-refractivity contribution in [1.29, 1.82) is 0 Å². The van der Waals surface area contributed by atoms with Gasteiger partial charge in [0.2, 0.25) is 0 Å². The summed E-state index contributed by atoms with van der Waals surface area (Å²) in [5, 5.41) is 9.90. The molecule has 0 spiro atoms. The summed E-state index contributed by atoms with van der Waals surface area (Å²) in [6.45, 7) is 1.90. The molecule has 0 saturated carbocycles. The van der Waals surface area contributed by atoms with Gasteiger partial charge in [-0.05, 0) is 37.3 Å². The van der Waals surface area contributed by atoms with Gasteiger partial charge in [-0.1, -0.05) is 11.6 Å². The van der Waals surface area contributed by atoms with Gasteiger partial charge in [-0.15, -0.1) is 0 Å². The van der Waals surface area contributed by atoms with Gasteiger partial charge >= 0.3 is 6.03 Å². The Balaban J connectivity index is 1.76. The molecular formula is C20H17FN6O. The zero-order chi connectivity index (χ0) is 19.7. The predicted molar refractivity (Wildman–Crippen MR) is 105 cm³/mol. The molecule has 0 aliphatic heterocycles. The van der Waals surface area contributed by atoms with Crippen molar-refractivity contribution in [1.82, 2.24) is 25.1 Å². The third-order valence-electron chi connectivity index (χ3n) is 4.30. The highest BCUT2D eigenvalue weighted by molar-refractivity contribution is 5.96. The number of pyridine rings is 2. The van der Waals surface area contributed by atoms with Crippen molar-refractivity contribution in [3.05, 3.63) is 66.4 Å². The highest BCUT2D eigenvalue weighted by atomic mass is 19.1. The number of carbonyl (C=O) groups excluding carboxylic acids is 1. The average Bonchev–Trinajstić information content (AvgIpc) is 3.15. The Hall–Kier alpha value is -3.81. The Labute approximate surface area is 160 Å². The van der Waals surface area contributed by atoms with Crippen molar-refractivity contribution in [2.75, 3.05) is 12.4 Å². The number of halogens is 1. The fourth-order valence-electron chi connectivity index (χ4n) is 2.96. The van der Waals surface area contributed by atoms with Crippen LogP contribution in [0.2, 0.25) is 0 Å². The van der Waals surface area contributed by atoms with Gasteiger partial charge in [0, 0.05) is 30.7 Å². The maximum Gasteiger partial charge on any atom is 0.342 e. The second-order valence-corrected chi connectivity index (χ2v) is 6.24. The van der Waals surface area contributed by atoms with Gasteiger partial charge in [-0.2, -0.15) is 9.78 Å². The molecule has 1 amide bonds. The van der Waals surface area contributed by atoms with E-state index in [4.69, 9.17) is 0 Å². The third kappa shape index (κ3) is 3.16. The van der Waals surface area contributed by atoms with Crippen LogP contribution in [0, 0.1) is 12.7 Å². The van der Waals surface area contributed by atoms with Crippen LogP contribution < -0.4 is 10.6 Å². The number of rotatable bonds is 3. The average molecular weight is 376 g/mol. The highest BCUT2D eigenvalue weighted by Crippen LogP contribution is 2.28. The van der Waals surface area contributed by atoms with Crippen LogP contribution in [0.5, 0.6) is 0 Å². The van der Waals surface area contributed by atoms with Gasteiger partial charge in [0.25, 0.3) is 0 Å². The van der Waals surface area contributed by atoms with Crippen molar-refractivity contribution >= 4 is 28.4 Å². The highest BCUT2D eigenvalue weighted by Gasteiger charge is 2.14. The topological polar surface area (TPSA) is 84.7 Å². The molecule has 0 bridgehead atoms. The number of carbonyl (C=O) groups is 1. The fourth-order valence-corrected chi connectivity index (χ4v) is 2.96. The van der Waals surface area contributed by atoms with E-state index >= 15 is 0 Å². The van der Waals surface area contributed by atoms with Crippen molar-refractivity contribution in [3.63, 3.8) is 0 Å². The summed E-state index contributed by atoms with van der Waals surface area (Å²) < 4.78 is 15.5. The largest absolute Gasteiger partial charge is 0.354 e. The van der Waals surface area contributed by atoms with E-state index < -0.39 is 0 Å². The Morgan fingerprint density at radius 3 is 2.75 bits per heavy atom. The summed E-state index contributed by atoms with van der Waals surface area (Å²) in [6, 6.07) is 9.80. The number of anilines is 2. The summed E-state index contributed by atoms with van der Waals surface area (Å²) in [5.41, 5.74) is 4.35. The number of fused-ring (bicyclic) bond motifs is 1. The third-order valence-corrected chi connectivity index (χ3v) is 4.30. The van der Waals surface area contributed by atoms with Crippen LogP contribution in [-0.4, -0.2) is 32.8 Å². The van der Waals surface area contributed by atoms with Gasteiger partial charge in [-0.3, -0.25) is 9.97 Å². The SMILES string of the molecule is CNC(=O)n1ncc2nccc(Nc3ccnc(-c4cc(C)ccc4F)c3)c21. The summed E-state index contributed by atoms with van der Waals surface area (Å²) in [6.07, 6.45) is 4.76. The zero-order valence-corrected chi connectivity index (χ0v) is 15.3. The molecule has 7 nitrogen and oxygen atoms in total. The number of hydrogen-bond donors (Lipinski definition) is 2. The molecule has 1 aromatic carbocycles. The molecule has 0 unspecified atom stereocenters. The quantitative estimate of drug-likeness (QED) is 0.567. The zero-order valence-electron chi connectivity index (χ0n) is 15.3. The van der Waals surface area contributed by atoms with Gasteiger partial charge in [-0.25, -0.2) is 9.18 Å². The van der Waals surface area contributed by atoms with Crippen molar-refractivity contribution in [2.24, 2.45) is 0 Å². The first-order valence-corrected chi connectivity index (χ1v) is 8.61. The van der Waals surface area contributed by atoms with E-state index in [-0.39, 0.29) is 11.8 Å². The molecule has 3 heterocycles. The van der Waals surface area contributed by atoms with Gasteiger partial charge in [0.1, 0.15) is 16.9 Å². The number of nitrogens with one attached hydrogen (secondary N) is 2. The number of hydrogen-bond acceptors (Lipinski definition) is 5. The Kier molecular flexibility index (Phi) is 4.44. The van der Waals surface area contributed by atoms with Crippen LogP contribution in [0.1, 0.15) is 5.56 Å². The van der Waals surface area contributed by atoms with E-state index in [1.165, 1.54) is 24.0 Å². The monoisotopic (exact) mass is 376 g/mol. The Morgan fingerprint density at radius 1 is 1.11 bits per heavy atom. The standard InChI is InChI=1S/C20H17FN6O/c1-12-3-4-15(21)14(9-12)17-10-13(5-7-23-17)26-16-6-8-24-18-11-25-27(19(16)18)20(28)22-2/h3-11H,1-2H3,(H,22,28)(H,23,24,26). The lowest BCUT2D eigenvalue weighted by atomic mass is 10.1. The second-order valence-electron chi connectivity index (χ2n) is 6.24. The Morgan fingerprint density at radius 2 is 1.93 bits per heavy atom. The molecule has 0 aliphatic carbocycles. The van der Waals surface area contributed by atoms with E-state index in [2.05, 4.69) is 25.7 Å². The molecule has 3 aromatic heterocycles. The van der Waals surface area contributed by atoms with E-state index in [0.717, 1.165) is 5.56 Å². The second kappa shape index (κ2) is 7.07. The smallest absolute Gasteiger partial charge is 0.342 e. The lowest BCUT2D eigenvalue weighted by molar-refractivity contribution is 0.242. The van der Waals surface area contributed by atoms with Crippen LogP contribution in [0.15, 0.2) is 55.0 Å². The minimum Gasteiger partial charge on any atom is -0.354 e. The summed E-state index contributed by atoms with van der Waals surface area (Å²) in [4.78, 5) is 20.6. The van der Waals surface area contributed by atoms with Crippen molar-refractivity contribution in [2.45, 2.75) is 6.92 Å². The van der Waals surface area contributed by atoms with Crippen LogP contribution in [0.25, 0.3) is 22.3 Å². The van der Waals surface area contributed by atoms with Crippen molar-refractivity contribution < 1.29 is 9.18 Å². The molecule has 140 valence electrons. The summed E-state index contributed by atoms with van der Waals surface area (Å²) in [7, 11) is 1.53. The van der Waals surface area contributed by atoms with Crippen LogP contribution in [0.4, 0.5) is 20.6 Å². The lowest BCUT2D eigenvalue weighted by Crippen LogP contribution is -2.25. The predicted octanol–water partition coefficient (Wildman–Crippen LogP) is 3.87. The number of aryl methyl sites for hydroxylation is 1. The van der Waals surface area contributed by atoms with Crippen molar-refractivity contribution in [3.8, 4) is 11.3 Å². The van der Waals surface area contributed by atoms with E-state index in [0.29, 0.717) is 33.7 Å². The van der Waals surface area contributed by atoms with Gasteiger partial charge < -0.3 is 10.6 Å². The number of aromatic nitrogens is 4. The maximum atomic E-state index is 14.2. The molecule has 2 N–H and O–H groups in total. The number of benzene rings is 1. The molecule has 4 aromatic rings. The molecule has 28 heavy (non-hydrogen) atoms. The normalized spacial score (nSPS) is 10.8. The molecular weight excluding hydrogens is 359 g/mol. The first-order valence-electron chi connectivity index (χ1n) is 8.61. The van der Waals surface area contributed by atoms with Gasteiger partial charge in [0.15, 0.2) is 0 Å². The first-order chi connectivity index (χ1) is 13.6. The van der Waals surface area contributed by atoms with E-state index in [9.17, 15) is 9.18 Å². The first kappa shape index (κ1) is 17.6. The number of nitrogens with zero attached hydrogens (tertiary/aromatic N) is 4. The molecule has 8 heteroatoms. The molecule has 4 rings (SSSR count). The van der Waals surface area contributed by atoms with Crippen LogP contribution in [-0.2, 0) is 0 Å². The molecule has 0 saturated heterocycles. The summed E-state index contributed by atoms with van der Waals surface area (Å²) in [5.74, 6) is -0.334. The van der Waals surface area contributed by atoms with E-state index in [1.54, 1.807) is 42.7 Å². The summed E-state index contributed by atoms with van der Waals surface area (Å²) >= 11 is 0. The molecule has 0 atom stereocenters. The minimum absolute atomic E-state index is 0.334. The van der Waals surface area contributed by atoms with E-state index in [1.807, 2.05) is 6.92 Å². The lowest BCUT2D eigenvalue weighted by Gasteiger charge is -2.11. The molecule has 0 aliphatic rings. The van der Waals surface area contributed by atoms with Gasteiger partial charge in [0.05, 0.1) is 17.6 Å². The van der Waals surface area contributed by atoms with Crippen LogP contribution in [0.3, 0.4) is 0 Å². The maximum absolute atomic E-state index is 14.2. The minimum atomic E-state index is -0.372.